The summed E-state index contributed by atoms with van der Waals surface area (Å²) in [6.07, 6.45) is 2.40. The molecule has 3 N–H and O–H groups in total. The summed E-state index contributed by atoms with van der Waals surface area (Å²) in [4.78, 5) is 6.80. The summed E-state index contributed by atoms with van der Waals surface area (Å²) >= 11 is 0. The van der Waals surface area contributed by atoms with Crippen LogP contribution in [0.15, 0.2) is 35.5 Å². The highest BCUT2D eigenvalue weighted by molar-refractivity contribution is 6.08. The van der Waals surface area contributed by atoms with Crippen molar-refractivity contribution < 1.29 is 5.21 Å². The van der Waals surface area contributed by atoms with Gasteiger partial charge in [-0.2, -0.15) is 0 Å². The highest BCUT2D eigenvalue weighted by Gasteiger charge is 2.27. The summed E-state index contributed by atoms with van der Waals surface area (Å²) in [6.45, 7) is 0. The standard InChI is InChI=1S/C14H16N4O/c1-18(9-6-7-9)13-8-11(14(15)17-19)10-4-2-3-5-12(10)16-13/h2-5,8-9,19H,6-7H2,1H3,(H2,15,17). The van der Waals surface area contributed by atoms with Gasteiger partial charge in [-0.3, -0.25) is 0 Å². The SMILES string of the molecule is CN(c1cc(C(N)=NO)c2ccccc2n1)C1CC1. The van der Waals surface area contributed by atoms with Crippen LogP contribution in [0.25, 0.3) is 10.9 Å². The van der Waals surface area contributed by atoms with Crippen LogP contribution in [0.1, 0.15) is 18.4 Å². The van der Waals surface area contributed by atoms with Gasteiger partial charge in [-0.25, -0.2) is 4.98 Å². The van der Waals surface area contributed by atoms with Crippen LogP contribution in [-0.2, 0) is 0 Å². The molecule has 0 amide bonds. The highest BCUT2D eigenvalue weighted by atomic mass is 16.4. The second kappa shape index (κ2) is 4.42. The zero-order chi connectivity index (χ0) is 13.4. The maximum absolute atomic E-state index is 8.93. The van der Waals surface area contributed by atoms with Gasteiger partial charge in [0.25, 0.3) is 0 Å². The molecule has 0 spiro atoms. The van der Waals surface area contributed by atoms with E-state index in [2.05, 4.69) is 15.0 Å². The molecule has 19 heavy (non-hydrogen) atoms. The minimum Gasteiger partial charge on any atom is -0.409 e. The molecule has 0 saturated heterocycles. The Kier molecular flexibility index (Phi) is 2.74. The third-order valence-electron chi connectivity index (χ3n) is 3.54. The second-order valence-electron chi connectivity index (χ2n) is 4.87. The molecule has 3 rings (SSSR count). The molecule has 1 fully saturated rings. The number of nitrogens with two attached hydrogens (primary N) is 1. The fourth-order valence-corrected chi connectivity index (χ4v) is 2.26. The van der Waals surface area contributed by atoms with Gasteiger partial charge in [0.15, 0.2) is 5.84 Å². The normalized spacial score (nSPS) is 15.7. The molecular weight excluding hydrogens is 240 g/mol. The number of oxime groups is 1. The number of anilines is 1. The Morgan fingerprint density at radius 1 is 1.42 bits per heavy atom. The van der Waals surface area contributed by atoms with Gasteiger partial charge < -0.3 is 15.8 Å². The first kappa shape index (κ1) is 11.8. The van der Waals surface area contributed by atoms with E-state index >= 15 is 0 Å². The molecule has 1 aliphatic carbocycles. The summed E-state index contributed by atoms with van der Waals surface area (Å²) in [5, 5.41) is 12.9. The van der Waals surface area contributed by atoms with Crippen LogP contribution in [0.3, 0.4) is 0 Å². The molecule has 1 aromatic heterocycles. The Balaban J connectivity index is 2.19. The van der Waals surface area contributed by atoms with Gasteiger partial charge in [-0.15, -0.1) is 0 Å². The maximum Gasteiger partial charge on any atom is 0.170 e. The zero-order valence-corrected chi connectivity index (χ0v) is 10.7. The molecule has 0 atom stereocenters. The summed E-state index contributed by atoms with van der Waals surface area (Å²) in [6, 6.07) is 10.2. The van der Waals surface area contributed by atoms with E-state index in [1.807, 2.05) is 37.4 Å². The lowest BCUT2D eigenvalue weighted by atomic mass is 10.1. The van der Waals surface area contributed by atoms with E-state index in [1.165, 1.54) is 12.8 Å². The van der Waals surface area contributed by atoms with Crippen molar-refractivity contribution in [3.05, 3.63) is 35.9 Å². The molecular formula is C14H16N4O. The lowest BCUT2D eigenvalue weighted by Gasteiger charge is -2.19. The molecule has 1 heterocycles. The summed E-state index contributed by atoms with van der Waals surface area (Å²) in [5.41, 5.74) is 7.35. The minimum atomic E-state index is 0.115. The van der Waals surface area contributed by atoms with Gasteiger partial charge in [-0.1, -0.05) is 23.4 Å². The number of benzene rings is 1. The number of nitrogens with zero attached hydrogens (tertiary/aromatic N) is 3. The predicted molar refractivity (Wildman–Crippen MR) is 75.7 cm³/mol. The quantitative estimate of drug-likeness (QED) is 0.381. The van der Waals surface area contributed by atoms with E-state index < -0.39 is 0 Å². The third kappa shape index (κ3) is 2.07. The number of rotatable bonds is 3. The number of hydrogen-bond donors (Lipinski definition) is 2. The Hall–Kier alpha value is -2.30. The average Bonchev–Trinajstić information content (AvgIpc) is 3.29. The molecule has 0 radical (unpaired) electrons. The van der Waals surface area contributed by atoms with Crippen molar-refractivity contribution in [2.75, 3.05) is 11.9 Å². The van der Waals surface area contributed by atoms with Crippen molar-refractivity contribution in [1.82, 2.24) is 4.98 Å². The molecule has 5 heteroatoms. The van der Waals surface area contributed by atoms with Gasteiger partial charge in [0.2, 0.25) is 0 Å². The Morgan fingerprint density at radius 3 is 2.84 bits per heavy atom. The Labute approximate surface area is 111 Å². The van der Waals surface area contributed by atoms with Crippen LogP contribution in [-0.4, -0.2) is 29.1 Å². The first-order chi connectivity index (χ1) is 9.20. The van der Waals surface area contributed by atoms with E-state index in [4.69, 9.17) is 10.9 Å². The molecule has 1 aliphatic rings. The monoisotopic (exact) mass is 256 g/mol. The number of hydrogen-bond acceptors (Lipinski definition) is 4. The number of pyridine rings is 1. The fourth-order valence-electron chi connectivity index (χ4n) is 2.26. The lowest BCUT2D eigenvalue weighted by Crippen LogP contribution is -2.22. The first-order valence-electron chi connectivity index (χ1n) is 6.31. The van der Waals surface area contributed by atoms with Crippen LogP contribution < -0.4 is 10.6 Å². The van der Waals surface area contributed by atoms with Crippen molar-refractivity contribution in [3.8, 4) is 0 Å². The lowest BCUT2D eigenvalue weighted by molar-refractivity contribution is 0.318. The Morgan fingerprint density at radius 2 is 2.16 bits per heavy atom. The molecule has 0 aliphatic heterocycles. The summed E-state index contributed by atoms with van der Waals surface area (Å²) < 4.78 is 0. The number of fused-ring (bicyclic) bond motifs is 1. The van der Waals surface area contributed by atoms with Crippen LogP contribution in [0.4, 0.5) is 5.82 Å². The van der Waals surface area contributed by atoms with Crippen molar-refractivity contribution in [2.24, 2.45) is 10.9 Å². The zero-order valence-electron chi connectivity index (χ0n) is 10.7. The topological polar surface area (TPSA) is 74.7 Å². The number of para-hydroxylation sites is 1. The maximum atomic E-state index is 8.93. The molecule has 0 bridgehead atoms. The van der Waals surface area contributed by atoms with Gasteiger partial charge in [0.05, 0.1) is 5.52 Å². The van der Waals surface area contributed by atoms with E-state index in [9.17, 15) is 0 Å². The van der Waals surface area contributed by atoms with E-state index in [1.54, 1.807) is 0 Å². The predicted octanol–water partition coefficient (Wildman–Crippen LogP) is 1.93. The second-order valence-corrected chi connectivity index (χ2v) is 4.87. The van der Waals surface area contributed by atoms with Crippen molar-refractivity contribution >= 4 is 22.6 Å². The van der Waals surface area contributed by atoms with E-state index in [-0.39, 0.29) is 5.84 Å². The average molecular weight is 256 g/mol. The van der Waals surface area contributed by atoms with Crippen LogP contribution in [0.5, 0.6) is 0 Å². The fraction of sp³-hybridized carbons (Fsp3) is 0.286. The molecule has 5 nitrogen and oxygen atoms in total. The van der Waals surface area contributed by atoms with Crippen LogP contribution in [0.2, 0.25) is 0 Å². The van der Waals surface area contributed by atoms with Gasteiger partial charge in [0.1, 0.15) is 5.82 Å². The molecule has 98 valence electrons. The van der Waals surface area contributed by atoms with Gasteiger partial charge >= 0.3 is 0 Å². The third-order valence-corrected chi connectivity index (χ3v) is 3.54. The molecule has 1 saturated carbocycles. The van der Waals surface area contributed by atoms with E-state index in [0.717, 1.165) is 22.3 Å². The molecule has 1 aromatic carbocycles. The highest BCUT2D eigenvalue weighted by Crippen LogP contribution is 2.31. The van der Waals surface area contributed by atoms with Crippen molar-refractivity contribution in [1.29, 1.82) is 0 Å². The van der Waals surface area contributed by atoms with Crippen molar-refractivity contribution in [2.45, 2.75) is 18.9 Å². The minimum absolute atomic E-state index is 0.115. The smallest absolute Gasteiger partial charge is 0.170 e. The largest absolute Gasteiger partial charge is 0.409 e. The van der Waals surface area contributed by atoms with Gasteiger partial charge in [0, 0.05) is 24.0 Å². The van der Waals surface area contributed by atoms with Crippen LogP contribution in [0, 0.1) is 0 Å². The number of aromatic nitrogens is 1. The Bertz CT molecular complexity index is 649. The molecule has 2 aromatic rings. The molecule has 0 unspecified atom stereocenters. The first-order valence-corrected chi connectivity index (χ1v) is 6.31. The van der Waals surface area contributed by atoms with Crippen molar-refractivity contribution in [3.63, 3.8) is 0 Å². The van der Waals surface area contributed by atoms with Gasteiger partial charge in [-0.05, 0) is 25.0 Å². The van der Waals surface area contributed by atoms with Crippen LogP contribution >= 0.6 is 0 Å². The summed E-state index contributed by atoms with van der Waals surface area (Å²) in [7, 11) is 2.03. The summed E-state index contributed by atoms with van der Waals surface area (Å²) in [5.74, 6) is 0.979. The number of amidine groups is 1. The van der Waals surface area contributed by atoms with E-state index in [0.29, 0.717) is 6.04 Å².